The van der Waals surface area contributed by atoms with E-state index in [1.807, 2.05) is 0 Å². The van der Waals surface area contributed by atoms with E-state index >= 15 is 0 Å². The second kappa shape index (κ2) is 6.98. The lowest BCUT2D eigenvalue weighted by molar-refractivity contribution is -0.214. The van der Waals surface area contributed by atoms with Gasteiger partial charge in [0.1, 0.15) is 0 Å². The molecule has 3 aliphatic rings. The van der Waals surface area contributed by atoms with Crippen LogP contribution in [0.25, 0.3) is 0 Å². The second-order valence-corrected chi connectivity index (χ2v) is 7.75. The molecule has 0 aromatic heterocycles. The molecule has 0 bridgehead atoms. The van der Waals surface area contributed by atoms with Gasteiger partial charge in [0.2, 0.25) is 0 Å². The van der Waals surface area contributed by atoms with E-state index in [9.17, 15) is 19.2 Å². The number of carbonyl (C=O) groups excluding carboxylic acids is 4. The van der Waals surface area contributed by atoms with E-state index in [1.165, 1.54) is 18.7 Å². The number of hydrogen-bond donors (Lipinski definition) is 1. The van der Waals surface area contributed by atoms with Crippen molar-refractivity contribution < 1.29 is 28.7 Å². The van der Waals surface area contributed by atoms with Crippen molar-refractivity contribution in [1.29, 1.82) is 0 Å². The number of rotatable bonds is 3. The van der Waals surface area contributed by atoms with Crippen molar-refractivity contribution >= 4 is 35.2 Å². The van der Waals surface area contributed by atoms with Crippen LogP contribution in [0, 0.1) is 0 Å². The first-order valence-electron chi connectivity index (χ1n) is 9.60. The highest BCUT2D eigenvalue weighted by molar-refractivity contribution is 6.63. The van der Waals surface area contributed by atoms with E-state index in [0.29, 0.717) is 0 Å². The standard InChI is InChI=1S/C20H21N3O6/c1-20(2)28-18(26)15(19(27)29-20)22-21-13-10-6-9-12-14(13)17(25)23(16(12)24)11-7-4-3-5-8-11/h6,9-11,21H,3-5,7-8H2,1-2H3. The maximum atomic E-state index is 13.0. The van der Waals surface area contributed by atoms with Crippen LogP contribution < -0.4 is 5.43 Å². The zero-order chi connectivity index (χ0) is 20.8. The maximum absolute atomic E-state index is 13.0. The first-order valence-corrected chi connectivity index (χ1v) is 9.60. The lowest BCUT2D eigenvalue weighted by Gasteiger charge is -2.29. The molecular weight excluding hydrogens is 378 g/mol. The molecule has 1 saturated heterocycles. The third kappa shape index (κ3) is 3.37. The van der Waals surface area contributed by atoms with Crippen molar-refractivity contribution in [3.8, 4) is 0 Å². The topological polar surface area (TPSA) is 114 Å². The van der Waals surface area contributed by atoms with Crippen molar-refractivity contribution in [2.45, 2.75) is 57.8 Å². The number of nitrogens with one attached hydrogen (secondary N) is 1. The fraction of sp³-hybridized carbons (Fsp3) is 0.450. The highest BCUT2D eigenvalue weighted by Gasteiger charge is 2.43. The molecule has 1 N–H and O–H groups in total. The molecule has 2 aliphatic heterocycles. The minimum Gasteiger partial charge on any atom is -0.418 e. The molecule has 2 amide bonds. The zero-order valence-corrected chi connectivity index (χ0v) is 16.2. The molecule has 0 unspecified atom stereocenters. The molecule has 29 heavy (non-hydrogen) atoms. The summed E-state index contributed by atoms with van der Waals surface area (Å²) >= 11 is 0. The van der Waals surface area contributed by atoms with Crippen LogP contribution in [0.15, 0.2) is 23.3 Å². The second-order valence-electron chi connectivity index (χ2n) is 7.75. The van der Waals surface area contributed by atoms with Crippen molar-refractivity contribution in [1.82, 2.24) is 4.90 Å². The van der Waals surface area contributed by atoms with Gasteiger partial charge in [-0.3, -0.25) is 19.9 Å². The maximum Gasteiger partial charge on any atom is 0.369 e. The van der Waals surface area contributed by atoms with E-state index in [-0.39, 0.29) is 28.8 Å². The summed E-state index contributed by atoms with van der Waals surface area (Å²) in [4.78, 5) is 51.2. The summed E-state index contributed by atoms with van der Waals surface area (Å²) in [5.41, 5.74) is 2.69. The Kier molecular flexibility index (Phi) is 4.60. The highest BCUT2D eigenvalue weighted by atomic mass is 16.7. The molecule has 9 nitrogen and oxygen atoms in total. The Morgan fingerprint density at radius 2 is 1.66 bits per heavy atom. The summed E-state index contributed by atoms with van der Waals surface area (Å²) in [6, 6.07) is 4.64. The van der Waals surface area contributed by atoms with Gasteiger partial charge >= 0.3 is 11.9 Å². The quantitative estimate of drug-likeness (QED) is 0.471. The summed E-state index contributed by atoms with van der Waals surface area (Å²) in [6.07, 6.45) is 4.66. The van der Waals surface area contributed by atoms with Gasteiger partial charge in [-0.25, -0.2) is 9.59 Å². The van der Waals surface area contributed by atoms with Gasteiger partial charge < -0.3 is 9.47 Å². The molecule has 2 fully saturated rings. The Morgan fingerprint density at radius 1 is 1.00 bits per heavy atom. The van der Waals surface area contributed by atoms with Gasteiger partial charge in [0, 0.05) is 19.9 Å². The predicted molar refractivity (Wildman–Crippen MR) is 101 cm³/mol. The van der Waals surface area contributed by atoms with Gasteiger partial charge in [0.05, 0.1) is 16.8 Å². The van der Waals surface area contributed by atoms with Crippen molar-refractivity contribution in [3.63, 3.8) is 0 Å². The van der Waals surface area contributed by atoms with Crippen LogP contribution in [-0.2, 0) is 19.1 Å². The molecule has 4 rings (SSSR count). The number of ether oxygens (including phenoxy) is 2. The smallest absolute Gasteiger partial charge is 0.369 e. The number of amides is 2. The van der Waals surface area contributed by atoms with E-state index in [1.54, 1.807) is 18.2 Å². The zero-order valence-electron chi connectivity index (χ0n) is 16.2. The number of cyclic esters (lactones) is 2. The van der Waals surface area contributed by atoms with Crippen LogP contribution in [-0.4, -0.2) is 46.2 Å². The largest absolute Gasteiger partial charge is 0.418 e. The number of carbonyl (C=O) groups is 4. The average Bonchev–Trinajstić information content (AvgIpc) is 2.92. The third-order valence-corrected chi connectivity index (χ3v) is 5.24. The first kappa shape index (κ1) is 19.1. The number of imide groups is 1. The van der Waals surface area contributed by atoms with Gasteiger partial charge in [0.25, 0.3) is 23.3 Å². The van der Waals surface area contributed by atoms with Gasteiger partial charge in [0.15, 0.2) is 0 Å². The lowest BCUT2D eigenvalue weighted by Crippen LogP contribution is -2.47. The number of benzene rings is 1. The van der Waals surface area contributed by atoms with Crippen LogP contribution in [0.3, 0.4) is 0 Å². The van der Waals surface area contributed by atoms with Gasteiger partial charge in [-0.15, -0.1) is 0 Å². The van der Waals surface area contributed by atoms with Gasteiger partial charge in [-0.2, -0.15) is 5.10 Å². The van der Waals surface area contributed by atoms with Crippen molar-refractivity contribution in [2.75, 3.05) is 5.43 Å². The Morgan fingerprint density at radius 3 is 2.31 bits per heavy atom. The first-order chi connectivity index (χ1) is 13.8. The Bertz CT molecular complexity index is 924. The summed E-state index contributed by atoms with van der Waals surface area (Å²) in [7, 11) is 0. The molecule has 1 aliphatic carbocycles. The van der Waals surface area contributed by atoms with E-state index in [2.05, 4.69) is 10.5 Å². The summed E-state index contributed by atoms with van der Waals surface area (Å²) < 4.78 is 9.98. The highest BCUT2D eigenvalue weighted by Crippen LogP contribution is 2.34. The Balaban J connectivity index is 1.61. The SMILES string of the molecule is CC1(C)OC(=O)C(=NNc2cccc3c2C(=O)N(C2CCCCC2)C3=O)C(=O)O1. The minimum atomic E-state index is -1.37. The van der Waals surface area contributed by atoms with E-state index in [0.717, 1.165) is 32.1 Å². The molecule has 152 valence electrons. The van der Waals surface area contributed by atoms with Crippen LogP contribution >= 0.6 is 0 Å². The lowest BCUT2D eigenvalue weighted by atomic mass is 9.94. The molecule has 2 heterocycles. The van der Waals surface area contributed by atoms with Crippen molar-refractivity contribution in [3.05, 3.63) is 29.3 Å². The Labute approximate surface area is 167 Å². The average molecular weight is 399 g/mol. The number of nitrogens with zero attached hydrogens (tertiary/aromatic N) is 2. The molecule has 1 aromatic rings. The number of esters is 2. The van der Waals surface area contributed by atoms with E-state index < -0.39 is 29.3 Å². The van der Waals surface area contributed by atoms with E-state index in [4.69, 9.17) is 9.47 Å². The fourth-order valence-corrected chi connectivity index (χ4v) is 3.92. The van der Waals surface area contributed by atoms with Crippen LogP contribution in [0.1, 0.15) is 66.7 Å². The molecule has 1 saturated carbocycles. The van der Waals surface area contributed by atoms with Crippen LogP contribution in [0.2, 0.25) is 0 Å². The third-order valence-electron chi connectivity index (χ3n) is 5.24. The number of fused-ring (bicyclic) bond motifs is 1. The van der Waals surface area contributed by atoms with Crippen molar-refractivity contribution in [2.24, 2.45) is 5.10 Å². The van der Waals surface area contributed by atoms with Crippen LogP contribution in [0.4, 0.5) is 5.69 Å². The molecule has 9 heteroatoms. The molecular formula is C20H21N3O6. The number of anilines is 1. The monoisotopic (exact) mass is 399 g/mol. The fourth-order valence-electron chi connectivity index (χ4n) is 3.92. The van der Waals surface area contributed by atoms with Gasteiger partial charge in [-0.05, 0) is 25.0 Å². The number of hydrazone groups is 1. The molecule has 0 radical (unpaired) electrons. The van der Waals surface area contributed by atoms with Gasteiger partial charge in [-0.1, -0.05) is 25.3 Å². The molecule has 0 spiro atoms. The minimum absolute atomic E-state index is 0.110. The molecule has 0 atom stereocenters. The Hall–Kier alpha value is -3.23. The number of hydrogen-bond acceptors (Lipinski definition) is 8. The predicted octanol–water partition coefficient (Wildman–Crippen LogP) is 2.22. The van der Waals surface area contributed by atoms with Crippen LogP contribution in [0.5, 0.6) is 0 Å². The molecule has 1 aromatic carbocycles. The summed E-state index contributed by atoms with van der Waals surface area (Å²) in [6.45, 7) is 2.86. The summed E-state index contributed by atoms with van der Waals surface area (Å²) in [5.74, 6) is -3.96. The summed E-state index contributed by atoms with van der Waals surface area (Å²) in [5, 5.41) is 3.79. The normalized spacial score (nSPS) is 21.6.